The van der Waals surface area contributed by atoms with E-state index in [1.54, 1.807) is 62.4 Å². The molecule has 2 aromatic heterocycles. The molecule has 0 amide bonds. The molecule has 12 heteroatoms. The van der Waals surface area contributed by atoms with E-state index in [1.165, 1.54) is 30.1 Å². The van der Waals surface area contributed by atoms with Crippen LogP contribution < -0.4 is 24.4 Å². The number of nitro groups is 1. The van der Waals surface area contributed by atoms with Gasteiger partial charge in [0.15, 0.2) is 4.80 Å². The lowest BCUT2D eigenvalue weighted by Crippen LogP contribution is -2.40. The van der Waals surface area contributed by atoms with Crippen LogP contribution >= 0.6 is 11.3 Å². The van der Waals surface area contributed by atoms with E-state index in [0.29, 0.717) is 50.0 Å². The zero-order chi connectivity index (χ0) is 30.1. The molecule has 2 unspecified atom stereocenters. The van der Waals surface area contributed by atoms with Gasteiger partial charge >= 0.3 is 5.97 Å². The zero-order valence-corrected chi connectivity index (χ0v) is 24.5. The highest BCUT2D eigenvalue weighted by atomic mass is 32.1. The molecule has 0 spiro atoms. The minimum atomic E-state index is -0.880. The van der Waals surface area contributed by atoms with Gasteiger partial charge in [0.25, 0.3) is 5.56 Å². The number of methoxy groups -OCH3 is 2. The van der Waals surface area contributed by atoms with Crippen LogP contribution in [0.5, 0.6) is 11.5 Å². The average molecular weight is 592 g/mol. The van der Waals surface area contributed by atoms with E-state index in [-0.39, 0.29) is 22.7 Å². The van der Waals surface area contributed by atoms with Crippen LogP contribution in [-0.2, 0) is 9.53 Å². The topological polar surface area (TPSA) is 135 Å². The molecule has 0 saturated carbocycles. The molecule has 0 N–H and O–H groups in total. The Balaban J connectivity index is 1.63. The number of hydrogen-bond acceptors (Lipinski definition) is 10. The van der Waals surface area contributed by atoms with Gasteiger partial charge in [0, 0.05) is 28.6 Å². The Kier molecular flexibility index (Phi) is 7.99. The second-order valence-electron chi connectivity index (χ2n) is 9.72. The summed E-state index contributed by atoms with van der Waals surface area (Å²) in [4.78, 5) is 43.0. The monoisotopic (exact) mass is 591 g/mol. The number of allylic oxidation sites excluding steroid dienone is 3. The molecule has 3 heterocycles. The summed E-state index contributed by atoms with van der Waals surface area (Å²) in [5, 5.41) is 11.2. The van der Waals surface area contributed by atoms with E-state index in [4.69, 9.17) is 18.6 Å². The van der Waals surface area contributed by atoms with Gasteiger partial charge < -0.3 is 18.6 Å². The van der Waals surface area contributed by atoms with Crippen molar-refractivity contribution >= 4 is 29.0 Å². The number of carbonyl (C=O) groups excluding carboxylic acids is 1. The molecule has 5 rings (SSSR count). The van der Waals surface area contributed by atoms with Gasteiger partial charge in [-0.2, -0.15) is 0 Å². The maximum atomic E-state index is 14.0. The SMILES string of the molecule is CCOC(=O)C1=C(C)N=c2s/c(=C\c3ccc(C4=C(C)CC([N+](=O)[O-])C=C4)o3)c(=O)n2C1c1cc(OC)ccc1OC. The lowest BCUT2D eigenvalue weighted by atomic mass is 9.94. The lowest BCUT2D eigenvalue weighted by molar-refractivity contribution is -0.508. The highest BCUT2D eigenvalue weighted by molar-refractivity contribution is 7.07. The molecule has 3 aromatic rings. The number of ether oxygens (including phenoxy) is 3. The molecule has 0 saturated heterocycles. The Morgan fingerprint density at radius 1 is 1.24 bits per heavy atom. The number of nitrogens with zero attached hydrogens (tertiary/aromatic N) is 3. The Hall–Kier alpha value is -4.71. The second kappa shape index (κ2) is 11.6. The highest BCUT2D eigenvalue weighted by Crippen LogP contribution is 2.38. The van der Waals surface area contributed by atoms with Gasteiger partial charge in [-0.05, 0) is 63.3 Å². The summed E-state index contributed by atoms with van der Waals surface area (Å²) in [6.45, 7) is 5.41. The van der Waals surface area contributed by atoms with Gasteiger partial charge in [-0.1, -0.05) is 16.9 Å². The highest BCUT2D eigenvalue weighted by Gasteiger charge is 2.35. The van der Waals surface area contributed by atoms with Crippen LogP contribution in [0.1, 0.15) is 50.3 Å². The normalized spacial score (nSPS) is 18.5. The van der Waals surface area contributed by atoms with E-state index < -0.39 is 18.1 Å². The van der Waals surface area contributed by atoms with E-state index in [0.717, 1.165) is 11.1 Å². The summed E-state index contributed by atoms with van der Waals surface area (Å²) in [5.74, 6) is 1.38. The fourth-order valence-corrected chi connectivity index (χ4v) is 6.15. The van der Waals surface area contributed by atoms with Gasteiger partial charge in [-0.15, -0.1) is 0 Å². The number of aromatic nitrogens is 1. The summed E-state index contributed by atoms with van der Waals surface area (Å²) in [5.41, 5.74) is 2.44. The molecular weight excluding hydrogens is 562 g/mol. The third kappa shape index (κ3) is 5.20. The average Bonchev–Trinajstić information content (AvgIpc) is 3.55. The van der Waals surface area contributed by atoms with Crippen molar-refractivity contribution in [1.29, 1.82) is 0 Å². The van der Waals surface area contributed by atoms with E-state index in [9.17, 15) is 19.7 Å². The van der Waals surface area contributed by atoms with Crippen molar-refractivity contribution in [3.8, 4) is 11.5 Å². The first-order chi connectivity index (χ1) is 20.2. The fraction of sp³-hybridized carbons (Fsp3) is 0.300. The van der Waals surface area contributed by atoms with Crippen molar-refractivity contribution in [2.45, 2.75) is 39.3 Å². The summed E-state index contributed by atoms with van der Waals surface area (Å²) in [7, 11) is 3.05. The molecule has 1 aliphatic heterocycles. The number of furan rings is 1. The van der Waals surface area contributed by atoms with Crippen molar-refractivity contribution in [3.05, 3.63) is 106 Å². The predicted molar refractivity (Wildman–Crippen MR) is 156 cm³/mol. The molecule has 0 bridgehead atoms. The van der Waals surface area contributed by atoms with E-state index >= 15 is 0 Å². The molecule has 0 radical (unpaired) electrons. The van der Waals surface area contributed by atoms with Crippen LogP contribution in [0.4, 0.5) is 0 Å². The number of fused-ring (bicyclic) bond motifs is 1. The molecule has 1 aliphatic carbocycles. The molecule has 11 nitrogen and oxygen atoms in total. The largest absolute Gasteiger partial charge is 0.497 e. The van der Waals surface area contributed by atoms with Crippen LogP contribution in [0.2, 0.25) is 0 Å². The van der Waals surface area contributed by atoms with Crippen LogP contribution in [0.15, 0.2) is 73.5 Å². The Labute approximate surface area is 244 Å². The maximum absolute atomic E-state index is 14.0. The molecule has 42 heavy (non-hydrogen) atoms. The predicted octanol–water partition coefficient (Wildman–Crippen LogP) is 3.79. The van der Waals surface area contributed by atoms with E-state index in [1.807, 2.05) is 6.92 Å². The number of hydrogen-bond donors (Lipinski definition) is 0. The van der Waals surface area contributed by atoms with Crippen molar-refractivity contribution in [1.82, 2.24) is 4.57 Å². The maximum Gasteiger partial charge on any atom is 0.338 e. The summed E-state index contributed by atoms with van der Waals surface area (Å²) < 4.78 is 24.3. The molecule has 2 atom stereocenters. The first-order valence-corrected chi connectivity index (χ1v) is 14.0. The summed E-state index contributed by atoms with van der Waals surface area (Å²) in [6.07, 6.45) is 5.17. The number of rotatable bonds is 8. The van der Waals surface area contributed by atoms with Gasteiger partial charge in [-0.25, -0.2) is 9.79 Å². The summed E-state index contributed by atoms with van der Waals surface area (Å²) in [6, 6.07) is 7.05. The van der Waals surface area contributed by atoms with Crippen molar-refractivity contribution in [2.24, 2.45) is 4.99 Å². The van der Waals surface area contributed by atoms with Gasteiger partial charge in [0.05, 0.1) is 36.6 Å². The Morgan fingerprint density at radius 3 is 2.69 bits per heavy atom. The molecule has 1 aromatic carbocycles. The van der Waals surface area contributed by atoms with Crippen LogP contribution in [0, 0.1) is 10.1 Å². The number of benzene rings is 1. The van der Waals surface area contributed by atoms with Crippen LogP contribution in [0.25, 0.3) is 11.6 Å². The van der Waals surface area contributed by atoms with Gasteiger partial charge in [0.2, 0.25) is 6.04 Å². The molecule has 2 aliphatic rings. The second-order valence-corrected chi connectivity index (χ2v) is 10.7. The lowest BCUT2D eigenvalue weighted by Gasteiger charge is -2.26. The number of carbonyl (C=O) groups is 1. The summed E-state index contributed by atoms with van der Waals surface area (Å²) >= 11 is 1.17. The van der Waals surface area contributed by atoms with Crippen LogP contribution in [0.3, 0.4) is 0 Å². The van der Waals surface area contributed by atoms with Crippen LogP contribution in [-0.4, -0.2) is 42.3 Å². The Morgan fingerprint density at radius 2 is 2.02 bits per heavy atom. The standard InChI is InChI=1S/C30H29N3O8S/c1-6-40-29(35)26-17(3)31-30-32(27(26)22-14-19(38-4)8-11-23(22)39-5)28(34)25(42-30)15-20-9-12-24(41-20)21-10-7-18(33(36)37)13-16(21)2/h7-12,14-15,18,27H,6,13H2,1-5H3/b25-15-. The van der Waals surface area contributed by atoms with E-state index in [2.05, 4.69) is 4.99 Å². The molecular formula is C30H29N3O8S. The minimum Gasteiger partial charge on any atom is -0.497 e. The van der Waals surface area contributed by atoms with Gasteiger partial charge in [-0.3, -0.25) is 19.5 Å². The number of thiazole rings is 1. The van der Waals surface area contributed by atoms with Crippen molar-refractivity contribution < 1.29 is 28.3 Å². The fourth-order valence-electron chi connectivity index (χ4n) is 5.12. The smallest absolute Gasteiger partial charge is 0.338 e. The minimum absolute atomic E-state index is 0.153. The van der Waals surface area contributed by atoms with Crippen molar-refractivity contribution in [2.75, 3.05) is 20.8 Å². The van der Waals surface area contributed by atoms with Gasteiger partial charge in [0.1, 0.15) is 29.1 Å². The third-order valence-electron chi connectivity index (χ3n) is 7.15. The quantitative estimate of drug-likeness (QED) is 0.219. The molecule has 218 valence electrons. The first-order valence-electron chi connectivity index (χ1n) is 13.2. The first kappa shape index (κ1) is 28.8. The Bertz CT molecular complexity index is 1860. The molecule has 0 fully saturated rings. The zero-order valence-electron chi connectivity index (χ0n) is 23.7. The number of esters is 1. The third-order valence-corrected chi connectivity index (χ3v) is 8.13. The van der Waals surface area contributed by atoms with Crippen molar-refractivity contribution in [3.63, 3.8) is 0 Å².